The van der Waals surface area contributed by atoms with Gasteiger partial charge in [0.05, 0.1) is 16.0 Å². The van der Waals surface area contributed by atoms with Crippen molar-refractivity contribution in [3.8, 4) is 0 Å². The minimum Gasteiger partial charge on any atom is -0.438 e. The minimum absolute atomic E-state index is 0.00718. The number of hydrogen-bond donors (Lipinski definition) is 1. The first-order valence-corrected chi connectivity index (χ1v) is 11.7. The topological polar surface area (TPSA) is 92.8 Å². The van der Waals surface area contributed by atoms with Crippen LogP contribution in [-0.4, -0.2) is 37.2 Å². The number of sulfone groups is 1. The maximum absolute atomic E-state index is 13.9. The lowest BCUT2D eigenvalue weighted by molar-refractivity contribution is -0.137. The van der Waals surface area contributed by atoms with E-state index in [-0.39, 0.29) is 29.8 Å². The molecule has 1 saturated heterocycles. The standard InChI is InChI=1S/C21H18F4N2O5S/c1-33(30,31)16-5-3-2-4-12(16)11-26-18(28)27-19(29)32-17(20(27)6-7-20)13-8-14(21(23,24)25)10-15(22)9-13/h2-5,8-10,17H,6-7,11H2,1H3,(H,26,28)/t17-/m1/s1. The number of ether oxygens (including phenoxy) is 1. The van der Waals surface area contributed by atoms with Gasteiger partial charge in [0, 0.05) is 12.8 Å². The number of cyclic esters (lactones) is 1. The lowest BCUT2D eigenvalue weighted by Gasteiger charge is -2.23. The zero-order valence-electron chi connectivity index (χ0n) is 17.1. The molecule has 2 fully saturated rings. The summed E-state index contributed by atoms with van der Waals surface area (Å²) < 4.78 is 82.3. The molecule has 1 heterocycles. The quantitative estimate of drug-likeness (QED) is 0.655. The van der Waals surface area contributed by atoms with Crippen molar-refractivity contribution >= 4 is 22.0 Å². The van der Waals surface area contributed by atoms with Crippen LogP contribution in [0.4, 0.5) is 27.2 Å². The number of alkyl halides is 3. The Balaban J connectivity index is 1.58. The molecule has 2 aromatic carbocycles. The maximum Gasteiger partial charge on any atom is 0.419 e. The van der Waals surface area contributed by atoms with Crippen molar-refractivity contribution in [2.75, 3.05) is 6.26 Å². The molecule has 1 aliphatic carbocycles. The Morgan fingerprint density at radius 1 is 1.21 bits per heavy atom. The van der Waals surface area contributed by atoms with Gasteiger partial charge in [-0.1, -0.05) is 18.2 Å². The van der Waals surface area contributed by atoms with Gasteiger partial charge in [0.25, 0.3) is 0 Å². The molecule has 1 spiro atoms. The largest absolute Gasteiger partial charge is 0.438 e. The summed E-state index contributed by atoms with van der Waals surface area (Å²) in [4.78, 5) is 26.1. The molecule has 1 aliphatic heterocycles. The van der Waals surface area contributed by atoms with Gasteiger partial charge in [-0.25, -0.2) is 27.3 Å². The van der Waals surface area contributed by atoms with Crippen LogP contribution in [0.2, 0.25) is 0 Å². The van der Waals surface area contributed by atoms with E-state index in [4.69, 9.17) is 4.74 Å². The van der Waals surface area contributed by atoms with E-state index in [2.05, 4.69) is 5.32 Å². The lowest BCUT2D eigenvalue weighted by Crippen LogP contribution is -2.47. The van der Waals surface area contributed by atoms with Crippen LogP contribution in [0.25, 0.3) is 0 Å². The molecule has 0 radical (unpaired) electrons. The van der Waals surface area contributed by atoms with Crippen molar-refractivity contribution in [3.63, 3.8) is 0 Å². The van der Waals surface area contributed by atoms with Crippen LogP contribution in [0.3, 0.4) is 0 Å². The average molecular weight is 486 g/mol. The third kappa shape index (κ3) is 4.26. The highest BCUT2D eigenvalue weighted by Crippen LogP contribution is 2.57. The van der Waals surface area contributed by atoms with Gasteiger partial charge in [0.15, 0.2) is 15.9 Å². The van der Waals surface area contributed by atoms with Crippen molar-refractivity contribution in [1.82, 2.24) is 10.2 Å². The monoisotopic (exact) mass is 486 g/mol. The van der Waals surface area contributed by atoms with Gasteiger partial charge in [-0.05, 0) is 48.2 Å². The predicted octanol–water partition coefficient (Wildman–Crippen LogP) is 4.18. The predicted molar refractivity (Wildman–Crippen MR) is 106 cm³/mol. The van der Waals surface area contributed by atoms with E-state index < -0.39 is 51.2 Å². The summed E-state index contributed by atoms with van der Waals surface area (Å²) in [5, 5.41) is 2.47. The molecule has 1 saturated carbocycles. The molecule has 7 nitrogen and oxygen atoms in total. The SMILES string of the molecule is CS(=O)(=O)c1ccccc1CNC(=O)N1C(=O)O[C@H](c2cc(F)cc(C(F)(F)F)c2)C12CC2. The van der Waals surface area contributed by atoms with Crippen LogP contribution in [0, 0.1) is 5.82 Å². The first kappa shape index (κ1) is 23.0. The molecule has 2 aliphatic rings. The van der Waals surface area contributed by atoms with Crippen LogP contribution in [0.15, 0.2) is 47.4 Å². The Labute approximate surface area is 186 Å². The van der Waals surface area contributed by atoms with Crippen LogP contribution in [0.5, 0.6) is 0 Å². The number of imide groups is 1. The number of urea groups is 1. The fourth-order valence-electron chi connectivity index (χ4n) is 4.03. The van der Waals surface area contributed by atoms with E-state index in [1.807, 2.05) is 0 Å². The molecular formula is C21H18F4N2O5S. The molecule has 1 atom stereocenters. The summed E-state index contributed by atoms with van der Waals surface area (Å²) in [6, 6.07) is 6.97. The van der Waals surface area contributed by atoms with Crippen LogP contribution < -0.4 is 5.32 Å². The highest BCUT2D eigenvalue weighted by Gasteiger charge is 2.66. The Bertz CT molecular complexity index is 1240. The molecule has 12 heteroatoms. The van der Waals surface area contributed by atoms with E-state index in [0.717, 1.165) is 17.2 Å². The van der Waals surface area contributed by atoms with Crippen molar-refractivity contribution in [2.24, 2.45) is 0 Å². The summed E-state index contributed by atoms with van der Waals surface area (Å²) in [5.41, 5.74) is -2.38. The molecule has 2 aromatic rings. The first-order valence-electron chi connectivity index (χ1n) is 9.77. The van der Waals surface area contributed by atoms with Crippen LogP contribution in [0.1, 0.15) is 35.6 Å². The molecule has 0 aromatic heterocycles. The Morgan fingerprint density at radius 3 is 2.48 bits per heavy atom. The minimum atomic E-state index is -4.81. The molecule has 33 heavy (non-hydrogen) atoms. The van der Waals surface area contributed by atoms with E-state index in [1.54, 1.807) is 6.07 Å². The van der Waals surface area contributed by atoms with Gasteiger partial charge < -0.3 is 10.1 Å². The number of carbonyl (C=O) groups excluding carboxylic acids is 2. The van der Waals surface area contributed by atoms with Crippen molar-refractivity contribution in [1.29, 1.82) is 0 Å². The molecule has 1 N–H and O–H groups in total. The van der Waals surface area contributed by atoms with Gasteiger partial charge in [0.1, 0.15) is 5.82 Å². The van der Waals surface area contributed by atoms with E-state index in [0.29, 0.717) is 17.7 Å². The molecule has 0 unspecified atom stereocenters. The van der Waals surface area contributed by atoms with E-state index in [1.165, 1.54) is 18.2 Å². The summed E-state index contributed by atoms with van der Waals surface area (Å²) in [7, 11) is -3.57. The zero-order chi connectivity index (χ0) is 24.2. The molecule has 3 amide bonds. The second-order valence-corrected chi connectivity index (χ2v) is 10.00. The number of carbonyl (C=O) groups is 2. The highest BCUT2D eigenvalue weighted by molar-refractivity contribution is 7.90. The summed E-state index contributed by atoms with van der Waals surface area (Å²) in [6.45, 7) is -0.217. The Kier molecular flexibility index (Phi) is 5.38. The zero-order valence-corrected chi connectivity index (χ0v) is 18.0. The third-order valence-electron chi connectivity index (χ3n) is 5.65. The number of halogens is 4. The van der Waals surface area contributed by atoms with Crippen LogP contribution in [-0.2, 0) is 27.3 Å². The second kappa shape index (κ2) is 7.72. The average Bonchev–Trinajstić information content (AvgIpc) is 3.43. The Hall–Kier alpha value is -3.15. The maximum atomic E-state index is 13.9. The fraction of sp³-hybridized carbons (Fsp3) is 0.333. The van der Waals surface area contributed by atoms with Gasteiger partial charge in [-0.2, -0.15) is 13.2 Å². The smallest absolute Gasteiger partial charge is 0.419 e. The van der Waals surface area contributed by atoms with Gasteiger partial charge in [-0.3, -0.25) is 0 Å². The van der Waals surface area contributed by atoms with Gasteiger partial charge in [-0.15, -0.1) is 0 Å². The number of nitrogens with one attached hydrogen (secondary N) is 1. The summed E-state index contributed by atoms with van der Waals surface area (Å²) in [6.07, 6.45) is -5.62. The molecule has 176 valence electrons. The third-order valence-corrected chi connectivity index (χ3v) is 6.85. The number of rotatable bonds is 4. The second-order valence-electron chi connectivity index (χ2n) is 8.01. The normalized spacial score (nSPS) is 19.5. The molecule has 4 rings (SSSR count). The van der Waals surface area contributed by atoms with Crippen molar-refractivity contribution in [3.05, 3.63) is 65.0 Å². The summed E-state index contributed by atoms with van der Waals surface area (Å²) >= 11 is 0. The lowest BCUT2D eigenvalue weighted by atomic mass is 9.98. The van der Waals surface area contributed by atoms with Gasteiger partial charge in [0.2, 0.25) is 0 Å². The van der Waals surface area contributed by atoms with Crippen molar-refractivity contribution in [2.45, 2.75) is 42.1 Å². The van der Waals surface area contributed by atoms with E-state index in [9.17, 15) is 35.6 Å². The number of amides is 3. The first-order chi connectivity index (χ1) is 15.3. The highest BCUT2D eigenvalue weighted by atomic mass is 32.2. The number of nitrogens with zero attached hydrogens (tertiary/aromatic N) is 1. The number of benzene rings is 2. The number of hydrogen-bond acceptors (Lipinski definition) is 5. The van der Waals surface area contributed by atoms with Gasteiger partial charge >= 0.3 is 18.3 Å². The summed E-state index contributed by atoms with van der Waals surface area (Å²) in [5.74, 6) is -1.15. The van der Waals surface area contributed by atoms with E-state index >= 15 is 0 Å². The Morgan fingerprint density at radius 2 is 1.88 bits per heavy atom. The molecule has 0 bridgehead atoms. The fourth-order valence-corrected chi connectivity index (χ4v) is 4.97. The van der Waals surface area contributed by atoms with Crippen molar-refractivity contribution < 1.29 is 40.3 Å². The molecular weight excluding hydrogens is 468 g/mol. The van der Waals surface area contributed by atoms with Crippen LogP contribution >= 0.6 is 0 Å².